The zero-order valence-corrected chi connectivity index (χ0v) is 19.9. The fraction of sp³-hybridized carbons (Fsp3) is 0.458. The number of likely N-dealkylation sites (N-methyl/N-ethyl adjacent to an activating group) is 1. The second kappa shape index (κ2) is 12.6. The molecule has 1 atom stereocenters. The van der Waals surface area contributed by atoms with Gasteiger partial charge in [-0.1, -0.05) is 12.1 Å². The van der Waals surface area contributed by atoms with Crippen molar-refractivity contribution in [2.45, 2.75) is 42.5 Å². The second-order valence-electron chi connectivity index (χ2n) is 8.05. The Kier molecular flexibility index (Phi) is 9.53. The molecule has 3 rings (SSSR count). The number of non-ortho nitro benzene ring substituents is 1. The number of nitrogens with zero attached hydrogens (tertiary/aromatic N) is 2. The van der Waals surface area contributed by atoms with Crippen LogP contribution in [0.2, 0.25) is 0 Å². The van der Waals surface area contributed by atoms with Crippen LogP contribution in [0.25, 0.3) is 0 Å². The van der Waals surface area contributed by atoms with Crippen LogP contribution in [0.15, 0.2) is 53.4 Å². The van der Waals surface area contributed by atoms with Crippen LogP contribution in [-0.4, -0.2) is 60.4 Å². The molecule has 0 aliphatic carbocycles. The predicted octanol–water partition coefficient (Wildman–Crippen LogP) is 3.88. The number of hydrogen-bond acceptors (Lipinski definition) is 7. The average Bonchev–Trinajstić information content (AvgIpc) is 2.83. The van der Waals surface area contributed by atoms with Crippen molar-refractivity contribution in [2.75, 3.05) is 33.4 Å². The van der Waals surface area contributed by atoms with Crippen molar-refractivity contribution in [2.24, 2.45) is 0 Å². The van der Waals surface area contributed by atoms with E-state index in [1.807, 2.05) is 31.2 Å². The number of ether oxygens (including phenoxy) is 2. The molecule has 0 bridgehead atoms. The molecule has 1 saturated heterocycles. The number of benzene rings is 2. The van der Waals surface area contributed by atoms with Crippen LogP contribution in [0, 0.1) is 10.1 Å². The molecule has 2 aromatic carbocycles. The summed E-state index contributed by atoms with van der Waals surface area (Å²) < 4.78 is 11.4. The molecule has 0 radical (unpaired) electrons. The van der Waals surface area contributed by atoms with Gasteiger partial charge < -0.3 is 14.8 Å². The summed E-state index contributed by atoms with van der Waals surface area (Å²) in [6.07, 6.45) is 2.12. The highest BCUT2D eigenvalue weighted by Gasteiger charge is 2.18. The number of nitro groups is 1. The molecule has 1 aliphatic heterocycles. The lowest BCUT2D eigenvalue weighted by molar-refractivity contribution is -0.384. The number of thioether (sulfide) groups is 1. The molecule has 1 fully saturated rings. The Morgan fingerprint density at radius 2 is 2.00 bits per heavy atom. The van der Waals surface area contributed by atoms with Gasteiger partial charge in [0.15, 0.2) is 0 Å². The molecule has 1 aliphatic rings. The van der Waals surface area contributed by atoms with E-state index in [9.17, 15) is 14.9 Å². The van der Waals surface area contributed by atoms with Gasteiger partial charge in [0, 0.05) is 49.4 Å². The van der Waals surface area contributed by atoms with Gasteiger partial charge in [-0.25, -0.2) is 0 Å². The minimum absolute atomic E-state index is 0.0359. The number of nitro benzene ring substituents is 1. The molecule has 9 heteroatoms. The molecular weight excluding hydrogens is 442 g/mol. The lowest BCUT2D eigenvalue weighted by Crippen LogP contribution is -2.38. The number of carbonyl (C=O) groups excluding carboxylic acids is 1. The van der Waals surface area contributed by atoms with Crippen LogP contribution in [0.3, 0.4) is 0 Å². The highest BCUT2D eigenvalue weighted by atomic mass is 32.2. The zero-order valence-electron chi connectivity index (χ0n) is 19.1. The van der Waals surface area contributed by atoms with Gasteiger partial charge in [-0.3, -0.25) is 19.8 Å². The van der Waals surface area contributed by atoms with E-state index in [0.717, 1.165) is 48.8 Å². The third kappa shape index (κ3) is 8.03. The van der Waals surface area contributed by atoms with Gasteiger partial charge in [-0.2, -0.15) is 0 Å². The molecule has 1 heterocycles. The van der Waals surface area contributed by atoms with Gasteiger partial charge in [0.1, 0.15) is 12.4 Å². The summed E-state index contributed by atoms with van der Waals surface area (Å²) in [7, 11) is 2.13. The lowest BCUT2D eigenvalue weighted by Gasteiger charge is -2.31. The van der Waals surface area contributed by atoms with E-state index in [-0.39, 0.29) is 16.8 Å². The van der Waals surface area contributed by atoms with Gasteiger partial charge in [0.25, 0.3) is 5.69 Å². The normalized spacial score (nSPS) is 15.2. The van der Waals surface area contributed by atoms with Crippen LogP contribution in [0.4, 0.5) is 5.69 Å². The quantitative estimate of drug-likeness (QED) is 0.301. The molecule has 1 unspecified atom stereocenters. The third-order valence-electron chi connectivity index (χ3n) is 5.62. The summed E-state index contributed by atoms with van der Waals surface area (Å²) in [5, 5.41) is 13.4. The van der Waals surface area contributed by atoms with Gasteiger partial charge in [0.05, 0.1) is 10.2 Å². The summed E-state index contributed by atoms with van der Waals surface area (Å²) in [5.41, 5.74) is 1.000. The van der Waals surface area contributed by atoms with Crippen molar-refractivity contribution in [3.05, 3.63) is 64.2 Å². The van der Waals surface area contributed by atoms with E-state index in [1.165, 1.54) is 23.9 Å². The molecule has 33 heavy (non-hydrogen) atoms. The standard InChI is InChI=1S/C24H31N3O5S/c1-18(33-23-8-6-21(7-9-23)27(29)30)24(28)25-17-19-4-3-5-22(16-19)32-15-12-26(2)20-10-13-31-14-11-20/h3-9,16,18,20H,10-15,17H2,1-2H3,(H,25,28). The summed E-state index contributed by atoms with van der Waals surface area (Å²) in [6.45, 7) is 5.33. The lowest BCUT2D eigenvalue weighted by atomic mass is 10.1. The van der Waals surface area contributed by atoms with E-state index < -0.39 is 4.92 Å². The Morgan fingerprint density at radius 1 is 1.27 bits per heavy atom. The Morgan fingerprint density at radius 3 is 2.70 bits per heavy atom. The van der Waals surface area contributed by atoms with Gasteiger partial charge >= 0.3 is 0 Å². The van der Waals surface area contributed by atoms with Gasteiger partial charge in [0.2, 0.25) is 5.91 Å². The summed E-state index contributed by atoms with van der Waals surface area (Å²) in [6, 6.07) is 14.5. The van der Waals surface area contributed by atoms with Gasteiger partial charge in [-0.05, 0) is 56.6 Å². The van der Waals surface area contributed by atoms with Crippen molar-refractivity contribution in [3.8, 4) is 5.75 Å². The first-order valence-electron chi connectivity index (χ1n) is 11.1. The maximum Gasteiger partial charge on any atom is 0.269 e. The van der Waals surface area contributed by atoms with Crippen LogP contribution in [-0.2, 0) is 16.1 Å². The molecule has 0 saturated carbocycles. The predicted molar refractivity (Wildman–Crippen MR) is 129 cm³/mol. The Bertz CT molecular complexity index is 919. The van der Waals surface area contributed by atoms with Crippen LogP contribution in [0.5, 0.6) is 5.75 Å². The Balaban J connectivity index is 1.41. The first-order chi connectivity index (χ1) is 15.9. The number of carbonyl (C=O) groups is 1. The summed E-state index contributed by atoms with van der Waals surface area (Å²) in [5.74, 6) is 0.693. The molecule has 1 amide bonds. The maximum absolute atomic E-state index is 12.5. The van der Waals surface area contributed by atoms with Crippen molar-refractivity contribution >= 4 is 23.4 Å². The SMILES string of the molecule is CC(Sc1ccc([N+](=O)[O-])cc1)C(=O)NCc1cccc(OCCN(C)C2CCOCC2)c1. The van der Waals surface area contributed by atoms with Crippen molar-refractivity contribution < 1.29 is 19.2 Å². The average molecular weight is 474 g/mol. The highest BCUT2D eigenvalue weighted by Crippen LogP contribution is 2.25. The van der Waals surface area contributed by atoms with E-state index in [2.05, 4.69) is 17.3 Å². The Hall–Kier alpha value is -2.62. The maximum atomic E-state index is 12.5. The first kappa shape index (κ1) is 25.0. The zero-order chi connectivity index (χ0) is 23.6. The Labute approximate surface area is 198 Å². The molecule has 2 aromatic rings. The number of hydrogen-bond donors (Lipinski definition) is 1. The smallest absolute Gasteiger partial charge is 0.269 e. The number of nitrogens with one attached hydrogen (secondary N) is 1. The summed E-state index contributed by atoms with van der Waals surface area (Å²) >= 11 is 1.36. The minimum atomic E-state index is -0.438. The first-order valence-corrected chi connectivity index (χ1v) is 12.0. The fourth-order valence-electron chi connectivity index (χ4n) is 3.60. The fourth-order valence-corrected chi connectivity index (χ4v) is 4.49. The molecular formula is C24H31N3O5S. The topological polar surface area (TPSA) is 93.9 Å². The van der Waals surface area contributed by atoms with E-state index in [4.69, 9.17) is 9.47 Å². The molecule has 178 valence electrons. The molecule has 8 nitrogen and oxygen atoms in total. The highest BCUT2D eigenvalue weighted by molar-refractivity contribution is 8.00. The monoisotopic (exact) mass is 473 g/mol. The van der Waals surface area contributed by atoms with E-state index in [0.29, 0.717) is 19.2 Å². The number of rotatable bonds is 11. The third-order valence-corrected chi connectivity index (χ3v) is 6.73. The molecule has 0 spiro atoms. The van der Waals surface area contributed by atoms with Crippen molar-refractivity contribution in [3.63, 3.8) is 0 Å². The van der Waals surface area contributed by atoms with Crippen LogP contribution >= 0.6 is 11.8 Å². The minimum Gasteiger partial charge on any atom is -0.492 e. The molecule has 1 N–H and O–H groups in total. The summed E-state index contributed by atoms with van der Waals surface area (Å²) in [4.78, 5) is 26.0. The van der Waals surface area contributed by atoms with Crippen LogP contribution in [0.1, 0.15) is 25.3 Å². The largest absolute Gasteiger partial charge is 0.492 e. The van der Waals surface area contributed by atoms with E-state index >= 15 is 0 Å². The van der Waals surface area contributed by atoms with Crippen molar-refractivity contribution in [1.82, 2.24) is 10.2 Å². The second-order valence-corrected chi connectivity index (χ2v) is 9.46. The molecule has 0 aromatic heterocycles. The number of amides is 1. The van der Waals surface area contributed by atoms with Crippen LogP contribution < -0.4 is 10.1 Å². The van der Waals surface area contributed by atoms with E-state index in [1.54, 1.807) is 12.1 Å². The van der Waals surface area contributed by atoms with Gasteiger partial charge in [-0.15, -0.1) is 11.8 Å². The van der Waals surface area contributed by atoms with Crippen molar-refractivity contribution in [1.29, 1.82) is 0 Å².